The molecule has 0 amide bonds. The minimum Gasteiger partial charge on any atom is -0.390 e. The van der Waals surface area contributed by atoms with Gasteiger partial charge in [-0.3, -0.25) is 15.0 Å². The fraction of sp³-hybridized carbons (Fsp3) is 0.571. The van der Waals surface area contributed by atoms with Gasteiger partial charge in [0.25, 0.3) is 5.69 Å². The molecule has 5 heteroatoms. The normalized spacial score (nSPS) is 19.3. The Hall–Kier alpha value is -1.46. The average molecular weight is 264 g/mol. The molecule has 1 fully saturated rings. The monoisotopic (exact) mass is 264 g/mol. The number of piperidine rings is 1. The summed E-state index contributed by atoms with van der Waals surface area (Å²) in [6.45, 7) is 6.03. The highest BCUT2D eigenvalue weighted by Gasteiger charge is 2.27. The molecular formula is C14H20N2O3. The number of nitro benzene ring substituents is 1. The molecule has 0 aromatic heterocycles. The van der Waals surface area contributed by atoms with Crippen molar-refractivity contribution in [2.75, 3.05) is 13.1 Å². The number of likely N-dealkylation sites (tertiary alicyclic amines) is 1. The average Bonchev–Trinajstić information content (AvgIpc) is 2.34. The number of benzene rings is 1. The van der Waals surface area contributed by atoms with E-state index in [9.17, 15) is 15.2 Å². The van der Waals surface area contributed by atoms with Gasteiger partial charge >= 0.3 is 0 Å². The summed E-state index contributed by atoms with van der Waals surface area (Å²) >= 11 is 0. The van der Waals surface area contributed by atoms with Gasteiger partial charge in [0.05, 0.1) is 10.5 Å². The lowest BCUT2D eigenvalue weighted by Gasteiger charge is -2.35. The van der Waals surface area contributed by atoms with E-state index in [0.717, 1.165) is 37.1 Å². The predicted octanol–water partition coefficient (Wildman–Crippen LogP) is 2.25. The smallest absolute Gasteiger partial charge is 0.272 e. The molecule has 0 aliphatic carbocycles. The molecule has 0 atom stereocenters. The van der Waals surface area contributed by atoms with Crippen LogP contribution in [0.2, 0.25) is 0 Å². The summed E-state index contributed by atoms with van der Waals surface area (Å²) in [6, 6.07) is 5.22. The summed E-state index contributed by atoms with van der Waals surface area (Å²) in [5.74, 6) is 0. The quantitative estimate of drug-likeness (QED) is 0.671. The van der Waals surface area contributed by atoms with E-state index >= 15 is 0 Å². The molecule has 1 aromatic rings. The number of hydrogen-bond donors (Lipinski definition) is 1. The van der Waals surface area contributed by atoms with Gasteiger partial charge in [-0.2, -0.15) is 0 Å². The highest BCUT2D eigenvalue weighted by atomic mass is 16.6. The number of rotatable bonds is 3. The highest BCUT2D eigenvalue weighted by molar-refractivity contribution is 5.44. The third-order valence-electron chi connectivity index (χ3n) is 3.94. The first-order valence-corrected chi connectivity index (χ1v) is 6.57. The molecular weight excluding hydrogens is 244 g/mol. The molecule has 0 radical (unpaired) electrons. The molecule has 1 aliphatic rings. The standard InChI is InChI=1S/C14H20N2O3/c1-11-12(4-3-5-13(11)16(18)19)10-15-8-6-14(2,17)7-9-15/h3-5,17H,6-10H2,1-2H3. The molecule has 1 heterocycles. The minimum atomic E-state index is -0.561. The van der Waals surface area contributed by atoms with Gasteiger partial charge in [0.15, 0.2) is 0 Å². The Morgan fingerprint density at radius 1 is 1.42 bits per heavy atom. The summed E-state index contributed by atoms with van der Waals surface area (Å²) in [7, 11) is 0. The molecule has 104 valence electrons. The van der Waals surface area contributed by atoms with Crippen molar-refractivity contribution in [3.8, 4) is 0 Å². The van der Waals surface area contributed by atoms with Crippen molar-refractivity contribution in [1.29, 1.82) is 0 Å². The second-order valence-corrected chi connectivity index (χ2v) is 5.59. The van der Waals surface area contributed by atoms with E-state index in [0.29, 0.717) is 6.54 Å². The van der Waals surface area contributed by atoms with Crippen LogP contribution in [0.3, 0.4) is 0 Å². The van der Waals surface area contributed by atoms with E-state index in [1.807, 2.05) is 13.0 Å². The maximum atomic E-state index is 10.9. The van der Waals surface area contributed by atoms with Crippen LogP contribution in [0.4, 0.5) is 5.69 Å². The third-order valence-corrected chi connectivity index (χ3v) is 3.94. The SMILES string of the molecule is Cc1c(CN2CCC(C)(O)CC2)cccc1[N+](=O)[O-]. The van der Waals surface area contributed by atoms with Crippen molar-refractivity contribution in [2.24, 2.45) is 0 Å². The van der Waals surface area contributed by atoms with Crippen LogP contribution in [-0.2, 0) is 6.54 Å². The molecule has 1 aliphatic heterocycles. The summed E-state index contributed by atoms with van der Waals surface area (Å²) in [6.07, 6.45) is 1.50. The van der Waals surface area contributed by atoms with Crippen molar-refractivity contribution in [3.05, 3.63) is 39.4 Å². The summed E-state index contributed by atoms with van der Waals surface area (Å²) in [5, 5.41) is 20.8. The Morgan fingerprint density at radius 3 is 2.63 bits per heavy atom. The van der Waals surface area contributed by atoms with Crippen molar-refractivity contribution in [2.45, 2.75) is 38.8 Å². The van der Waals surface area contributed by atoms with E-state index in [2.05, 4.69) is 4.90 Å². The van der Waals surface area contributed by atoms with Gasteiger partial charge < -0.3 is 5.11 Å². The molecule has 1 N–H and O–H groups in total. The van der Waals surface area contributed by atoms with Gasteiger partial charge in [-0.25, -0.2) is 0 Å². The van der Waals surface area contributed by atoms with E-state index < -0.39 is 5.60 Å². The first-order chi connectivity index (χ1) is 8.89. The molecule has 1 saturated heterocycles. The Kier molecular flexibility index (Phi) is 3.87. The first-order valence-electron chi connectivity index (χ1n) is 6.57. The van der Waals surface area contributed by atoms with E-state index in [1.165, 1.54) is 0 Å². The molecule has 0 spiro atoms. The Labute approximate surface area is 113 Å². The lowest BCUT2D eigenvalue weighted by Crippen LogP contribution is -2.42. The fourth-order valence-corrected chi connectivity index (χ4v) is 2.47. The number of hydrogen-bond acceptors (Lipinski definition) is 4. The number of nitrogens with zero attached hydrogens (tertiary/aromatic N) is 2. The zero-order chi connectivity index (χ0) is 14.0. The van der Waals surface area contributed by atoms with Crippen LogP contribution >= 0.6 is 0 Å². The van der Waals surface area contributed by atoms with Crippen LogP contribution in [0.15, 0.2) is 18.2 Å². The second-order valence-electron chi connectivity index (χ2n) is 5.59. The number of nitro groups is 1. The predicted molar refractivity (Wildman–Crippen MR) is 73.0 cm³/mol. The number of aliphatic hydroxyl groups is 1. The Bertz CT molecular complexity index is 476. The topological polar surface area (TPSA) is 66.6 Å². The second kappa shape index (κ2) is 5.27. The fourth-order valence-electron chi connectivity index (χ4n) is 2.47. The van der Waals surface area contributed by atoms with Crippen LogP contribution in [0.5, 0.6) is 0 Å². The van der Waals surface area contributed by atoms with Gasteiger partial charge in [-0.05, 0) is 32.3 Å². The van der Waals surface area contributed by atoms with Crippen molar-refractivity contribution < 1.29 is 10.0 Å². The Morgan fingerprint density at radius 2 is 2.05 bits per heavy atom. The van der Waals surface area contributed by atoms with Crippen LogP contribution in [0.25, 0.3) is 0 Å². The van der Waals surface area contributed by atoms with E-state index in [-0.39, 0.29) is 10.6 Å². The molecule has 5 nitrogen and oxygen atoms in total. The Balaban J connectivity index is 2.08. The van der Waals surface area contributed by atoms with Gasteiger partial charge in [0.2, 0.25) is 0 Å². The van der Waals surface area contributed by atoms with Crippen LogP contribution < -0.4 is 0 Å². The summed E-state index contributed by atoms with van der Waals surface area (Å²) in [4.78, 5) is 12.8. The lowest BCUT2D eigenvalue weighted by molar-refractivity contribution is -0.385. The van der Waals surface area contributed by atoms with Gasteiger partial charge in [-0.15, -0.1) is 0 Å². The lowest BCUT2D eigenvalue weighted by atomic mass is 9.93. The first kappa shape index (κ1) is 14.0. The highest BCUT2D eigenvalue weighted by Crippen LogP contribution is 2.25. The zero-order valence-corrected chi connectivity index (χ0v) is 11.4. The van der Waals surface area contributed by atoms with E-state index in [1.54, 1.807) is 19.1 Å². The van der Waals surface area contributed by atoms with Crippen LogP contribution in [0.1, 0.15) is 30.9 Å². The maximum Gasteiger partial charge on any atom is 0.272 e. The minimum absolute atomic E-state index is 0.182. The molecule has 2 rings (SSSR count). The van der Waals surface area contributed by atoms with Crippen LogP contribution in [-0.4, -0.2) is 33.6 Å². The van der Waals surface area contributed by atoms with Gasteiger partial charge in [-0.1, -0.05) is 12.1 Å². The van der Waals surface area contributed by atoms with Crippen LogP contribution in [0, 0.1) is 17.0 Å². The third kappa shape index (κ3) is 3.30. The summed E-state index contributed by atoms with van der Waals surface area (Å²) < 4.78 is 0. The van der Waals surface area contributed by atoms with Gasteiger partial charge in [0.1, 0.15) is 0 Å². The van der Waals surface area contributed by atoms with Gasteiger partial charge in [0, 0.05) is 31.3 Å². The molecule has 1 aromatic carbocycles. The van der Waals surface area contributed by atoms with Crippen molar-refractivity contribution in [3.63, 3.8) is 0 Å². The molecule has 0 unspecified atom stereocenters. The summed E-state index contributed by atoms with van der Waals surface area (Å²) in [5.41, 5.74) is 1.36. The zero-order valence-electron chi connectivity index (χ0n) is 11.4. The molecule has 19 heavy (non-hydrogen) atoms. The van der Waals surface area contributed by atoms with E-state index in [4.69, 9.17) is 0 Å². The van der Waals surface area contributed by atoms with Crippen molar-refractivity contribution >= 4 is 5.69 Å². The largest absolute Gasteiger partial charge is 0.390 e. The molecule has 0 saturated carbocycles. The molecule has 0 bridgehead atoms. The van der Waals surface area contributed by atoms with Crippen molar-refractivity contribution in [1.82, 2.24) is 4.90 Å². The maximum absolute atomic E-state index is 10.9.